The highest BCUT2D eigenvalue weighted by molar-refractivity contribution is 6.33. The van der Waals surface area contributed by atoms with Gasteiger partial charge in [-0.3, -0.25) is 4.79 Å². The van der Waals surface area contributed by atoms with Crippen LogP contribution in [0.1, 0.15) is 27.0 Å². The zero-order chi connectivity index (χ0) is 15.0. The summed E-state index contributed by atoms with van der Waals surface area (Å²) in [4.78, 5) is 14.4. The van der Waals surface area contributed by atoms with Crippen LogP contribution in [0, 0.1) is 6.92 Å². The summed E-state index contributed by atoms with van der Waals surface area (Å²) in [6.07, 6.45) is 0.796. The van der Waals surface area contributed by atoms with Gasteiger partial charge in [0.2, 0.25) is 0 Å². The monoisotopic (exact) mass is 301 g/mol. The van der Waals surface area contributed by atoms with E-state index in [2.05, 4.69) is 0 Å². The molecule has 3 rings (SSSR count). The zero-order valence-corrected chi connectivity index (χ0v) is 12.5. The van der Waals surface area contributed by atoms with Crippen molar-refractivity contribution in [3.8, 4) is 5.75 Å². The molecule has 0 saturated carbocycles. The van der Waals surface area contributed by atoms with Gasteiger partial charge >= 0.3 is 0 Å². The molecular weight excluding hydrogens is 286 g/mol. The van der Waals surface area contributed by atoms with Gasteiger partial charge in [0.1, 0.15) is 5.75 Å². The number of amides is 1. The van der Waals surface area contributed by atoms with Crippen LogP contribution < -0.4 is 0 Å². The maximum atomic E-state index is 12.6. The highest BCUT2D eigenvalue weighted by Gasteiger charge is 2.23. The molecule has 21 heavy (non-hydrogen) atoms. The fraction of sp³-hybridized carbons (Fsp3) is 0.235. The van der Waals surface area contributed by atoms with Crippen molar-refractivity contribution in [3.63, 3.8) is 0 Å². The summed E-state index contributed by atoms with van der Waals surface area (Å²) >= 11 is 6.18. The van der Waals surface area contributed by atoms with Crippen LogP contribution in [-0.4, -0.2) is 22.5 Å². The van der Waals surface area contributed by atoms with Crippen molar-refractivity contribution in [3.05, 3.63) is 63.7 Å². The number of nitrogens with zero attached hydrogens (tertiary/aromatic N) is 1. The van der Waals surface area contributed by atoms with E-state index in [9.17, 15) is 9.90 Å². The number of halogens is 1. The van der Waals surface area contributed by atoms with Crippen molar-refractivity contribution in [2.75, 3.05) is 6.54 Å². The summed E-state index contributed by atoms with van der Waals surface area (Å²) in [5.74, 6) is 0.172. The number of rotatable bonds is 1. The number of hydrogen-bond donors (Lipinski definition) is 1. The van der Waals surface area contributed by atoms with Crippen LogP contribution in [0.5, 0.6) is 5.75 Å². The molecule has 0 aliphatic carbocycles. The third-order valence-electron chi connectivity index (χ3n) is 3.84. The van der Waals surface area contributed by atoms with E-state index in [4.69, 9.17) is 11.6 Å². The fourth-order valence-electron chi connectivity index (χ4n) is 2.68. The largest absolute Gasteiger partial charge is 0.508 e. The number of carbonyl (C=O) groups is 1. The Balaban J connectivity index is 1.87. The molecule has 3 nitrogen and oxygen atoms in total. The molecule has 2 aromatic rings. The van der Waals surface area contributed by atoms with Crippen LogP contribution in [0.4, 0.5) is 0 Å². The molecule has 1 aliphatic rings. The summed E-state index contributed by atoms with van der Waals surface area (Å²) < 4.78 is 0. The number of fused-ring (bicyclic) bond motifs is 1. The first-order chi connectivity index (χ1) is 10.0. The quantitative estimate of drug-likeness (QED) is 0.875. The molecule has 1 amide bonds. The molecule has 0 radical (unpaired) electrons. The molecule has 0 unspecified atom stereocenters. The fourth-order valence-corrected chi connectivity index (χ4v) is 3.00. The predicted octanol–water partition coefficient (Wildman–Crippen LogP) is 3.55. The molecule has 108 valence electrons. The third kappa shape index (κ3) is 2.74. The minimum atomic E-state index is -0.0611. The van der Waals surface area contributed by atoms with Crippen LogP contribution >= 0.6 is 11.6 Å². The van der Waals surface area contributed by atoms with E-state index in [1.807, 2.05) is 19.1 Å². The molecule has 1 heterocycles. The summed E-state index contributed by atoms with van der Waals surface area (Å²) in [7, 11) is 0. The first kappa shape index (κ1) is 14.0. The molecule has 0 saturated heterocycles. The number of hydrogen-bond acceptors (Lipinski definition) is 2. The summed E-state index contributed by atoms with van der Waals surface area (Å²) in [6, 6.07) is 10.8. The summed E-state index contributed by atoms with van der Waals surface area (Å²) in [6.45, 7) is 3.12. The summed E-state index contributed by atoms with van der Waals surface area (Å²) in [5.41, 5.74) is 3.75. The van der Waals surface area contributed by atoms with Crippen LogP contribution in [0.25, 0.3) is 0 Å². The van der Waals surface area contributed by atoms with Gasteiger partial charge in [0.15, 0.2) is 0 Å². The second kappa shape index (κ2) is 5.41. The Morgan fingerprint density at radius 1 is 1.19 bits per heavy atom. The van der Waals surface area contributed by atoms with Crippen LogP contribution in [0.2, 0.25) is 5.02 Å². The second-order valence-electron chi connectivity index (χ2n) is 5.41. The molecule has 0 bridgehead atoms. The zero-order valence-electron chi connectivity index (χ0n) is 11.8. The Bertz CT molecular complexity index is 712. The van der Waals surface area contributed by atoms with Crippen molar-refractivity contribution < 1.29 is 9.90 Å². The van der Waals surface area contributed by atoms with E-state index < -0.39 is 0 Å². The Hall–Kier alpha value is -2.00. The van der Waals surface area contributed by atoms with Gasteiger partial charge in [0.05, 0.1) is 10.6 Å². The second-order valence-corrected chi connectivity index (χ2v) is 5.82. The SMILES string of the molecule is Cc1ccc(C(=O)N2CCc3ccc(O)cc3C2)c(Cl)c1. The Morgan fingerprint density at radius 3 is 2.76 bits per heavy atom. The Kier molecular flexibility index (Phi) is 3.60. The van der Waals surface area contributed by atoms with E-state index in [0.29, 0.717) is 23.7 Å². The lowest BCUT2D eigenvalue weighted by molar-refractivity contribution is 0.0734. The minimum Gasteiger partial charge on any atom is -0.508 e. The molecule has 1 N–H and O–H groups in total. The molecule has 0 aromatic heterocycles. The van der Waals surface area contributed by atoms with Gasteiger partial charge in [-0.15, -0.1) is 0 Å². The molecule has 4 heteroatoms. The number of carbonyl (C=O) groups excluding carboxylic acids is 1. The van der Waals surface area contributed by atoms with Gasteiger partial charge in [-0.2, -0.15) is 0 Å². The molecule has 2 aromatic carbocycles. The van der Waals surface area contributed by atoms with Gasteiger partial charge in [0.25, 0.3) is 5.91 Å². The van der Waals surface area contributed by atoms with Gasteiger partial charge in [-0.05, 0) is 54.3 Å². The highest BCUT2D eigenvalue weighted by Crippen LogP contribution is 2.26. The van der Waals surface area contributed by atoms with Crippen molar-refractivity contribution >= 4 is 17.5 Å². The number of aryl methyl sites for hydroxylation is 1. The van der Waals surface area contributed by atoms with Crippen molar-refractivity contribution in [1.29, 1.82) is 0 Å². The average molecular weight is 302 g/mol. The molecule has 0 atom stereocenters. The van der Waals surface area contributed by atoms with E-state index >= 15 is 0 Å². The lowest BCUT2D eigenvalue weighted by atomic mass is 9.98. The number of benzene rings is 2. The van der Waals surface area contributed by atoms with Crippen molar-refractivity contribution in [2.24, 2.45) is 0 Å². The Labute approximate surface area is 128 Å². The number of aromatic hydroxyl groups is 1. The van der Waals surface area contributed by atoms with Gasteiger partial charge in [-0.1, -0.05) is 23.7 Å². The molecule has 0 fully saturated rings. The van der Waals surface area contributed by atoms with Crippen LogP contribution in [-0.2, 0) is 13.0 Å². The number of phenolic OH excluding ortho intramolecular Hbond substituents is 1. The topological polar surface area (TPSA) is 40.5 Å². The van der Waals surface area contributed by atoms with Gasteiger partial charge in [-0.25, -0.2) is 0 Å². The van der Waals surface area contributed by atoms with Crippen LogP contribution in [0.3, 0.4) is 0 Å². The van der Waals surface area contributed by atoms with Crippen molar-refractivity contribution in [1.82, 2.24) is 4.90 Å². The smallest absolute Gasteiger partial charge is 0.255 e. The molecular formula is C17H16ClNO2. The minimum absolute atomic E-state index is 0.0611. The van der Waals surface area contributed by atoms with E-state index in [1.54, 1.807) is 29.2 Å². The standard InChI is InChI=1S/C17H16ClNO2/c1-11-2-5-15(16(18)8-11)17(21)19-7-6-12-3-4-14(20)9-13(12)10-19/h2-5,8-9,20H,6-7,10H2,1H3. The molecule has 1 aliphatic heterocycles. The van der Waals surface area contributed by atoms with E-state index in [1.165, 1.54) is 5.56 Å². The van der Waals surface area contributed by atoms with Crippen molar-refractivity contribution in [2.45, 2.75) is 19.9 Å². The van der Waals surface area contributed by atoms with Gasteiger partial charge < -0.3 is 10.0 Å². The van der Waals surface area contributed by atoms with E-state index in [0.717, 1.165) is 17.5 Å². The first-order valence-corrected chi connectivity index (χ1v) is 7.28. The average Bonchev–Trinajstić information content (AvgIpc) is 2.46. The maximum absolute atomic E-state index is 12.6. The summed E-state index contributed by atoms with van der Waals surface area (Å²) in [5, 5.41) is 10.1. The third-order valence-corrected chi connectivity index (χ3v) is 4.16. The Morgan fingerprint density at radius 2 is 2.00 bits per heavy atom. The lowest BCUT2D eigenvalue weighted by Crippen LogP contribution is -2.36. The lowest BCUT2D eigenvalue weighted by Gasteiger charge is -2.29. The predicted molar refractivity (Wildman–Crippen MR) is 82.7 cm³/mol. The van der Waals surface area contributed by atoms with Crippen LogP contribution in [0.15, 0.2) is 36.4 Å². The normalized spacial score (nSPS) is 13.9. The maximum Gasteiger partial charge on any atom is 0.255 e. The molecule has 0 spiro atoms. The first-order valence-electron chi connectivity index (χ1n) is 6.91. The van der Waals surface area contributed by atoms with E-state index in [-0.39, 0.29) is 11.7 Å². The van der Waals surface area contributed by atoms with Gasteiger partial charge in [0, 0.05) is 13.1 Å². The highest BCUT2D eigenvalue weighted by atomic mass is 35.5. The number of phenols is 1.